The summed E-state index contributed by atoms with van der Waals surface area (Å²) in [5, 5.41) is 10.6. The highest BCUT2D eigenvalue weighted by molar-refractivity contribution is 5.22. The Morgan fingerprint density at radius 2 is 2.12 bits per heavy atom. The normalized spacial score (nSPS) is 31.6. The molecule has 0 aliphatic carbocycles. The average molecular weight is 221 g/mol. The van der Waals surface area contributed by atoms with Crippen molar-refractivity contribution >= 4 is 0 Å². The first kappa shape index (κ1) is 11.6. The standard InChI is InChI=1S/C13H19NO2/c1-3-14-9-10-16-13(15,11(14)2)12-7-5-4-6-8-12/h4-8,11,15H,3,9-10H2,1-2H3/t11-,13-/m0/s1. The van der Waals surface area contributed by atoms with E-state index in [9.17, 15) is 5.11 Å². The van der Waals surface area contributed by atoms with Crippen molar-refractivity contribution in [3.8, 4) is 0 Å². The van der Waals surface area contributed by atoms with Gasteiger partial charge in [0.1, 0.15) is 0 Å². The van der Waals surface area contributed by atoms with E-state index in [0.29, 0.717) is 6.61 Å². The van der Waals surface area contributed by atoms with Crippen LogP contribution in [0.25, 0.3) is 0 Å². The topological polar surface area (TPSA) is 32.7 Å². The van der Waals surface area contributed by atoms with Crippen molar-refractivity contribution in [3.05, 3.63) is 35.9 Å². The van der Waals surface area contributed by atoms with E-state index in [0.717, 1.165) is 18.7 Å². The molecule has 1 fully saturated rings. The smallest absolute Gasteiger partial charge is 0.208 e. The molecule has 0 aromatic heterocycles. The highest BCUT2D eigenvalue weighted by Gasteiger charge is 2.42. The van der Waals surface area contributed by atoms with Crippen LogP contribution >= 0.6 is 0 Å². The predicted molar refractivity (Wildman–Crippen MR) is 63.0 cm³/mol. The van der Waals surface area contributed by atoms with E-state index in [1.54, 1.807) is 0 Å². The molecule has 88 valence electrons. The van der Waals surface area contributed by atoms with Crippen LogP contribution in [0, 0.1) is 0 Å². The second kappa shape index (κ2) is 4.53. The Morgan fingerprint density at radius 1 is 1.44 bits per heavy atom. The summed E-state index contributed by atoms with van der Waals surface area (Å²) < 4.78 is 5.61. The lowest BCUT2D eigenvalue weighted by molar-refractivity contribution is -0.274. The lowest BCUT2D eigenvalue weighted by atomic mass is 9.96. The number of nitrogens with zero attached hydrogens (tertiary/aromatic N) is 1. The van der Waals surface area contributed by atoms with E-state index in [-0.39, 0.29) is 6.04 Å². The molecule has 1 N–H and O–H groups in total. The molecule has 1 aromatic carbocycles. The fraction of sp³-hybridized carbons (Fsp3) is 0.538. The Balaban J connectivity index is 2.30. The van der Waals surface area contributed by atoms with Crippen LogP contribution in [0.3, 0.4) is 0 Å². The molecule has 2 rings (SSSR count). The van der Waals surface area contributed by atoms with Gasteiger partial charge in [0.15, 0.2) is 0 Å². The summed E-state index contributed by atoms with van der Waals surface area (Å²) in [5.41, 5.74) is 0.834. The van der Waals surface area contributed by atoms with Crippen LogP contribution in [-0.4, -0.2) is 35.7 Å². The molecule has 2 atom stereocenters. The minimum atomic E-state index is -1.17. The molecule has 0 amide bonds. The maximum atomic E-state index is 10.6. The van der Waals surface area contributed by atoms with Crippen LogP contribution in [0.4, 0.5) is 0 Å². The van der Waals surface area contributed by atoms with Crippen LogP contribution < -0.4 is 0 Å². The number of hydrogen-bond acceptors (Lipinski definition) is 3. The van der Waals surface area contributed by atoms with Crippen LogP contribution in [0.15, 0.2) is 30.3 Å². The number of morpholine rings is 1. The van der Waals surface area contributed by atoms with Gasteiger partial charge in [0.05, 0.1) is 12.6 Å². The average Bonchev–Trinajstić information content (AvgIpc) is 2.34. The Labute approximate surface area is 96.6 Å². The van der Waals surface area contributed by atoms with Gasteiger partial charge >= 0.3 is 0 Å². The van der Waals surface area contributed by atoms with Gasteiger partial charge in [0.2, 0.25) is 5.79 Å². The molecular formula is C13H19NO2. The predicted octanol–water partition coefficient (Wildman–Crippen LogP) is 1.57. The first-order chi connectivity index (χ1) is 7.68. The van der Waals surface area contributed by atoms with Gasteiger partial charge in [0, 0.05) is 12.1 Å². The maximum absolute atomic E-state index is 10.6. The molecule has 3 nitrogen and oxygen atoms in total. The van der Waals surface area contributed by atoms with Crippen molar-refractivity contribution in [1.29, 1.82) is 0 Å². The van der Waals surface area contributed by atoms with Crippen molar-refractivity contribution in [2.75, 3.05) is 19.7 Å². The van der Waals surface area contributed by atoms with Crippen LogP contribution in [0.2, 0.25) is 0 Å². The molecule has 1 aliphatic rings. The lowest BCUT2D eigenvalue weighted by Gasteiger charge is -2.44. The summed E-state index contributed by atoms with van der Waals surface area (Å²) in [6, 6.07) is 9.60. The van der Waals surface area contributed by atoms with E-state index in [1.807, 2.05) is 37.3 Å². The first-order valence-corrected chi connectivity index (χ1v) is 5.84. The van der Waals surface area contributed by atoms with Gasteiger partial charge in [-0.05, 0) is 13.5 Å². The number of benzene rings is 1. The first-order valence-electron chi connectivity index (χ1n) is 5.84. The molecule has 0 bridgehead atoms. The van der Waals surface area contributed by atoms with Gasteiger partial charge in [-0.2, -0.15) is 0 Å². The van der Waals surface area contributed by atoms with Gasteiger partial charge in [-0.1, -0.05) is 37.3 Å². The molecule has 16 heavy (non-hydrogen) atoms. The molecule has 0 spiro atoms. The number of ether oxygens (including phenoxy) is 1. The zero-order valence-corrected chi connectivity index (χ0v) is 9.89. The second-order valence-corrected chi connectivity index (χ2v) is 4.22. The third-order valence-electron chi connectivity index (χ3n) is 3.41. The molecule has 1 aromatic rings. The van der Waals surface area contributed by atoms with E-state index in [4.69, 9.17) is 4.74 Å². The highest BCUT2D eigenvalue weighted by Crippen LogP contribution is 2.32. The van der Waals surface area contributed by atoms with E-state index >= 15 is 0 Å². The summed E-state index contributed by atoms with van der Waals surface area (Å²) in [7, 11) is 0. The minimum Gasteiger partial charge on any atom is -0.361 e. The Hall–Kier alpha value is -0.900. The van der Waals surface area contributed by atoms with Gasteiger partial charge in [-0.15, -0.1) is 0 Å². The third kappa shape index (κ3) is 1.86. The van der Waals surface area contributed by atoms with Crippen molar-refractivity contribution in [2.45, 2.75) is 25.7 Å². The molecule has 0 radical (unpaired) electrons. The summed E-state index contributed by atoms with van der Waals surface area (Å²) >= 11 is 0. The van der Waals surface area contributed by atoms with E-state index in [2.05, 4.69) is 11.8 Å². The zero-order valence-electron chi connectivity index (χ0n) is 9.89. The van der Waals surface area contributed by atoms with Crippen LogP contribution in [-0.2, 0) is 10.5 Å². The number of aliphatic hydroxyl groups is 1. The molecule has 3 heteroatoms. The van der Waals surface area contributed by atoms with Gasteiger partial charge < -0.3 is 9.84 Å². The molecule has 1 aliphatic heterocycles. The summed E-state index contributed by atoms with van der Waals surface area (Å²) in [6.45, 7) is 6.50. The molecule has 0 saturated carbocycles. The zero-order chi connectivity index (χ0) is 11.6. The van der Waals surface area contributed by atoms with Crippen molar-refractivity contribution in [2.24, 2.45) is 0 Å². The number of hydrogen-bond donors (Lipinski definition) is 1. The van der Waals surface area contributed by atoms with E-state index < -0.39 is 5.79 Å². The fourth-order valence-electron chi connectivity index (χ4n) is 2.31. The highest BCUT2D eigenvalue weighted by atomic mass is 16.6. The fourth-order valence-corrected chi connectivity index (χ4v) is 2.31. The van der Waals surface area contributed by atoms with Crippen molar-refractivity contribution in [3.63, 3.8) is 0 Å². The van der Waals surface area contributed by atoms with Crippen molar-refractivity contribution < 1.29 is 9.84 Å². The summed E-state index contributed by atoms with van der Waals surface area (Å²) in [4.78, 5) is 2.23. The van der Waals surface area contributed by atoms with Gasteiger partial charge in [0.25, 0.3) is 0 Å². The Morgan fingerprint density at radius 3 is 2.75 bits per heavy atom. The molecule has 1 saturated heterocycles. The Bertz CT molecular complexity index is 341. The molecular weight excluding hydrogens is 202 g/mol. The largest absolute Gasteiger partial charge is 0.361 e. The molecule has 0 unspecified atom stereocenters. The SMILES string of the molecule is CCN1CCO[C@](O)(c2ccccc2)[C@@H]1C. The number of likely N-dealkylation sites (N-methyl/N-ethyl adjacent to an activating group) is 1. The Kier molecular flexibility index (Phi) is 3.28. The van der Waals surface area contributed by atoms with Gasteiger partial charge in [-0.3, -0.25) is 4.90 Å². The maximum Gasteiger partial charge on any atom is 0.208 e. The van der Waals surface area contributed by atoms with Gasteiger partial charge in [-0.25, -0.2) is 0 Å². The monoisotopic (exact) mass is 221 g/mol. The molecule has 1 heterocycles. The van der Waals surface area contributed by atoms with Crippen LogP contribution in [0.5, 0.6) is 0 Å². The third-order valence-corrected chi connectivity index (χ3v) is 3.41. The van der Waals surface area contributed by atoms with Crippen LogP contribution in [0.1, 0.15) is 19.4 Å². The van der Waals surface area contributed by atoms with Crippen molar-refractivity contribution in [1.82, 2.24) is 4.90 Å². The second-order valence-electron chi connectivity index (χ2n) is 4.22. The summed E-state index contributed by atoms with van der Waals surface area (Å²) in [5.74, 6) is -1.17. The summed E-state index contributed by atoms with van der Waals surface area (Å²) in [6.07, 6.45) is 0. The lowest BCUT2D eigenvalue weighted by Crippen LogP contribution is -2.56. The van der Waals surface area contributed by atoms with E-state index in [1.165, 1.54) is 0 Å². The minimum absolute atomic E-state index is 0.0198. The quantitative estimate of drug-likeness (QED) is 0.823. The number of rotatable bonds is 2.